The zero-order chi connectivity index (χ0) is 14.0. The SMILES string of the molecule is C=C/C(C)=C(C=C)/C=C\C.CC.CC.CC. The summed E-state index contributed by atoms with van der Waals surface area (Å²) in [4.78, 5) is 0. The van der Waals surface area contributed by atoms with Gasteiger partial charge in [0, 0.05) is 0 Å². The molecule has 0 aliphatic carbocycles. The maximum Gasteiger partial charge on any atom is -0.0237 e. The van der Waals surface area contributed by atoms with Crippen molar-refractivity contribution < 1.29 is 0 Å². The van der Waals surface area contributed by atoms with Crippen molar-refractivity contribution >= 4 is 0 Å². The molecule has 0 saturated carbocycles. The Bertz CT molecular complexity index is 180. The Hall–Kier alpha value is -1.04. The van der Waals surface area contributed by atoms with E-state index < -0.39 is 0 Å². The molecule has 0 saturated heterocycles. The van der Waals surface area contributed by atoms with E-state index >= 15 is 0 Å². The molecule has 0 nitrogen and oxygen atoms in total. The minimum absolute atomic E-state index is 1.14. The van der Waals surface area contributed by atoms with Gasteiger partial charge in [-0.3, -0.25) is 0 Å². The minimum Gasteiger partial charge on any atom is -0.0988 e. The molecule has 0 aromatic rings. The molecule has 0 radical (unpaired) electrons. The Morgan fingerprint density at radius 1 is 0.812 bits per heavy atom. The fourth-order valence-electron chi connectivity index (χ4n) is 0.658. The Balaban J connectivity index is -0.000000103. The first-order chi connectivity index (χ1) is 7.76. The van der Waals surface area contributed by atoms with E-state index in [0.717, 1.165) is 11.1 Å². The zero-order valence-electron chi connectivity index (χ0n) is 12.7. The van der Waals surface area contributed by atoms with E-state index in [2.05, 4.69) is 13.2 Å². The summed E-state index contributed by atoms with van der Waals surface area (Å²) in [6, 6.07) is 0. The van der Waals surface area contributed by atoms with Crippen LogP contribution in [0.3, 0.4) is 0 Å². The van der Waals surface area contributed by atoms with Gasteiger partial charge in [0.25, 0.3) is 0 Å². The lowest BCUT2D eigenvalue weighted by Gasteiger charge is -1.95. The van der Waals surface area contributed by atoms with E-state index in [-0.39, 0.29) is 0 Å². The Morgan fingerprint density at radius 3 is 1.38 bits per heavy atom. The third-order valence-electron chi connectivity index (χ3n) is 1.33. The lowest BCUT2D eigenvalue weighted by molar-refractivity contribution is 1.45. The maximum atomic E-state index is 3.69. The van der Waals surface area contributed by atoms with Gasteiger partial charge in [-0.05, 0) is 25.0 Å². The molecule has 0 rings (SSSR count). The van der Waals surface area contributed by atoms with Crippen LogP contribution in [0.15, 0.2) is 48.6 Å². The van der Waals surface area contributed by atoms with Crippen LogP contribution >= 0.6 is 0 Å². The smallest absolute Gasteiger partial charge is 0.0237 e. The molecule has 0 fully saturated rings. The second kappa shape index (κ2) is 29.2. The van der Waals surface area contributed by atoms with Crippen LogP contribution in [0.2, 0.25) is 0 Å². The highest BCUT2D eigenvalue weighted by Crippen LogP contribution is 2.06. The molecular weight excluding hydrogens is 192 g/mol. The monoisotopic (exact) mass is 224 g/mol. The highest BCUT2D eigenvalue weighted by Gasteiger charge is 1.86. The average Bonchev–Trinajstić information content (AvgIpc) is 2.42. The lowest BCUT2D eigenvalue weighted by atomic mass is 10.1. The topological polar surface area (TPSA) is 0 Å². The molecule has 0 unspecified atom stereocenters. The standard InChI is InChI=1S/C10H14.3C2H6/c1-5-8-10(7-3)9(4)6-2;3*1-2/h5-8H,2-3H2,1,4H3;3*1-2H3/b8-5-,10-9+;;;. The first kappa shape index (κ1) is 24.3. The van der Waals surface area contributed by atoms with Gasteiger partial charge in [0.15, 0.2) is 0 Å². The molecule has 0 N–H and O–H groups in total. The van der Waals surface area contributed by atoms with Gasteiger partial charge in [-0.25, -0.2) is 0 Å². The molecule has 0 aliphatic rings. The van der Waals surface area contributed by atoms with Crippen molar-refractivity contribution in [2.75, 3.05) is 0 Å². The summed E-state index contributed by atoms with van der Waals surface area (Å²) in [6.45, 7) is 23.4. The van der Waals surface area contributed by atoms with Gasteiger partial charge in [0.1, 0.15) is 0 Å². The van der Waals surface area contributed by atoms with Crippen LogP contribution in [-0.2, 0) is 0 Å². The van der Waals surface area contributed by atoms with Crippen LogP contribution < -0.4 is 0 Å². The molecule has 0 spiro atoms. The highest BCUT2D eigenvalue weighted by atomic mass is 13.9. The van der Waals surface area contributed by atoms with E-state index in [4.69, 9.17) is 0 Å². The zero-order valence-corrected chi connectivity index (χ0v) is 12.7. The summed E-state index contributed by atoms with van der Waals surface area (Å²) in [5.41, 5.74) is 2.30. The normalized spacial score (nSPS) is 9.25. The Labute approximate surface area is 104 Å². The molecule has 16 heavy (non-hydrogen) atoms. The van der Waals surface area contributed by atoms with E-state index in [1.807, 2.05) is 79.7 Å². The fraction of sp³-hybridized carbons (Fsp3) is 0.500. The Kier molecular flexibility index (Phi) is 44.3. The van der Waals surface area contributed by atoms with Gasteiger partial charge in [-0.1, -0.05) is 79.0 Å². The van der Waals surface area contributed by atoms with Crippen molar-refractivity contribution in [2.45, 2.75) is 55.4 Å². The van der Waals surface area contributed by atoms with E-state index in [1.54, 1.807) is 0 Å². The van der Waals surface area contributed by atoms with Crippen LogP contribution in [0, 0.1) is 0 Å². The number of rotatable bonds is 3. The number of allylic oxidation sites excluding steroid dienone is 6. The van der Waals surface area contributed by atoms with Gasteiger partial charge in [-0.15, -0.1) is 0 Å². The van der Waals surface area contributed by atoms with Gasteiger partial charge in [0.05, 0.1) is 0 Å². The first-order valence-corrected chi connectivity index (χ1v) is 6.34. The summed E-state index contributed by atoms with van der Waals surface area (Å²) < 4.78 is 0. The summed E-state index contributed by atoms with van der Waals surface area (Å²) in [6.07, 6.45) is 7.67. The van der Waals surface area contributed by atoms with Crippen molar-refractivity contribution in [3.05, 3.63) is 48.6 Å². The average molecular weight is 224 g/mol. The lowest BCUT2D eigenvalue weighted by Crippen LogP contribution is -1.75. The van der Waals surface area contributed by atoms with Gasteiger partial charge >= 0.3 is 0 Å². The summed E-state index contributed by atoms with van der Waals surface area (Å²) in [5.74, 6) is 0. The number of hydrogen-bond acceptors (Lipinski definition) is 0. The van der Waals surface area contributed by atoms with Crippen LogP contribution in [-0.4, -0.2) is 0 Å². The second-order valence-electron chi connectivity index (χ2n) is 2.05. The van der Waals surface area contributed by atoms with E-state index in [1.165, 1.54) is 0 Å². The van der Waals surface area contributed by atoms with Crippen molar-refractivity contribution in [1.82, 2.24) is 0 Å². The van der Waals surface area contributed by atoms with E-state index in [9.17, 15) is 0 Å². The van der Waals surface area contributed by atoms with Crippen LogP contribution in [0.25, 0.3) is 0 Å². The van der Waals surface area contributed by atoms with Crippen molar-refractivity contribution in [3.8, 4) is 0 Å². The Morgan fingerprint density at radius 2 is 1.19 bits per heavy atom. The van der Waals surface area contributed by atoms with Crippen molar-refractivity contribution in [3.63, 3.8) is 0 Å². The second-order valence-corrected chi connectivity index (χ2v) is 2.05. The summed E-state index contributed by atoms with van der Waals surface area (Å²) >= 11 is 0. The quantitative estimate of drug-likeness (QED) is 0.491. The van der Waals surface area contributed by atoms with E-state index in [0.29, 0.717) is 0 Å². The molecule has 0 heteroatoms. The molecule has 0 bridgehead atoms. The fourth-order valence-corrected chi connectivity index (χ4v) is 0.658. The van der Waals surface area contributed by atoms with Gasteiger partial charge < -0.3 is 0 Å². The van der Waals surface area contributed by atoms with Gasteiger partial charge in [-0.2, -0.15) is 0 Å². The predicted molar refractivity (Wildman–Crippen MR) is 82.0 cm³/mol. The van der Waals surface area contributed by atoms with Crippen molar-refractivity contribution in [2.24, 2.45) is 0 Å². The molecule has 0 aromatic heterocycles. The summed E-state index contributed by atoms with van der Waals surface area (Å²) in [7, 11) is 0. The molecule has 0 atom stereocenters. The molecule has 0 aliphatic heterocycles. The maximum absolute atomic E-state index is 3.69. The molecule has 0 amide bonds. The van der Waals surface area contributed by atoms with Crippen LogP contribution in [0.1, 0.15) is 55.4 Å². The minimum atomic E-state index is 1.14. The third-order valence-corrected chi connectivity index (χ3v) is 1.33. The molecule has 96 valence electrons. The number of hydrogen-bond donors (Lipinski definition) is 0. The molecule has 0 aromatic carbocycles. The molecule has 0 heterocycles. The highest BCUT2D eigenvalue weighted by molar-refractivity contribution is 5.37. The summed E-state index contributed by atoms with van der Waals surface area (Å²) in [5, 5.41) is 0. The van der Waals surface area contributed by atoms with Crippen molar-refractivity contribution in [1.29, 1.82) is 0 Å². The largest absolute Gasteiger partial charge is 0.0988 e. The van der Waals surface area contributed by atoms with Crippen LogP contribution in [0.5, 0.6) is 0 Å². The van der Waals surface area contributed by atoms with Crippen LogP contribution in [0.4, 0.5) is 0 Å². The molecular formula is C16H32. The van der Waals surface area contributed by atoms with Gasteiger partial charge in [0.2, 0.25) is 0 Å². The predicted octanol–water partition coefficient (Wildman–Crippen LogP) is 6.33. The first-order valence-electron chi connectivity index (χ1n) is 6.34. The third kappa shape index (κ3) is 18.7.